The highest BCUT2D eigenvalue weighted by atomic mass is 16.5. The molecule has 0 aliphatic carbocycles. The number of carboxylic acid groups (broad SMARTS) is 1. The number of tetrazole rings is 1. The predicted molar refractivity (Wildman–Crippen MR) is 64.6 cm³/mol. The van der Waals surface area contributed by atoms with Crippen molar-refractivity contribution in [3.63, 3.8) is 0 Å². The van der Waals surface area contributed by atoms with Crippen molar-refractivity contribution in [2.75, 3.05) is 7.11 Å². The summed E-state index contributed by atoms with van der Waals surface area (Å²) < 4.78 is 6.42. The third kappa shape index (κ3) is 2.12. The normalized spacial score (nSPS) is 11.3. The molecule has 8 nitrogen and oxygen atoms in total. The number of carboxylic acids is 1. The SMILES string of the molecule is COc1cnccc1-c1nnnn1C(C)(C)C(=O)O. The van der Waals surface area contributed by atoms with Crippen LogP contribution in [0.5, 0.6) is 5.75 Å². The van der Waals surface area contributed by atoms with Crippen molar-refractivity contribution in [2.45, 2.75) is 19.4 Å². The van der Waals surface area contributed by atoms with Gasteiger partial charge < -0.3 is 9.84 Å². The molecule has 2 aromatic heterocycles. The largest absolute Gasteiger partial charge is 0.494 e. The molecule has 0 amide bonds. The summed E-state index contributed by atoms with van der Waals surface area (Å²) in [6.07, 6.45) is 3.08. The van der Waals surface area contributed by atoms with Crippen molar-refractivity contribution in [2.24, 2.45) is 0 Å². The Labute approximate surface area is 109 Å². The fraction of sp³-hybridized carbons (Fsp3) is 0.364. The van der Waals surface area contributed by atoms with E-state index in [-0.39, 0.29) is 0 Å². The van der Waals surface area contributed by atoms with Crippen LogP contribution in [0.4, 0.5) is 0 Å². The van der Waals surface area contributed by atoms with Crippen LogP contribution >= 0.6 is 0 Å². The van der Waals surface area contributed by atoms with Gasteiger partial charge in [0.05, 0.1) is 18.9 Å². The van der Waals surface area contributed by atoms with E-state index in [2.05, 4.69) is 20.5 Å². The van der Waals surface area contributed by atoms with E-state index in [0.717, 1.165) is 0 Å². The average molecular weight is 263 g/mol. The Kier molecular flexibility index (Phi) is 3.16. The molecule has 0 bridgehead atoms. The summed E-state index contributed by atoms with van der Waals surface area (Å²) in [5, 5.41) is 20.4. The first-order chi connectivity index (χ1) is 8.98. The molecular formula is C11H13N5O3. The van der Waals surface area contributed by atoms with Crippen LogP contribution in [-0.2, 0) is 10.3 Å². The van der Waals surface area contributed by atoms with Crippen LogP contribution in [0.2, 0.25) is 0 Å². The lowest BCUT2D eigenvalue weighted by Crippen LogP contribution is -2.37. The van der Waals surface area contributed by atoms with Gasteiger partial charge in [0.15, 0.2) is 11.4 Å². The maximum Gasteiger partial charge on any atom is 0.331 e. The Morgan fingerprint density at radius 1 is 1.47 bits per heavy atom. The van der Waals surface area contributed by atoms with E-state index < -0.39 is 11.5 Å². The number of carbonyl (C=O) groups is 1. The van der Waals surface area contributed by atoms with E-state index in [1.165, 1.54) is 31.8 Å². The van der Waals surface area contributed by atoms with Crippen LogP contribution in [-0.4, -0.2) is 43.4 Å². The molecule has 0 saturated heterocycles. The first kappa shape index (κ1) is 12.9. The number of rotatable bonds is 4. The van der Waals surface area contributed by atoms with Crippen molar-refractivity contribution >= 4 is 5.97 Å². The van der Waals surface area contributed by atoms with Gasteiger partial charge in [-0.05, 0) is 30.3 Å². The molecule has 0 unspecified atom stereocenters. The Morgan fingerprint density at radius 3 is 2.84 bits per heavy atom. The highest BCUT2D eigenvalue weighted by molar-refractivity contribution is 5.77. The molecule has 0 aliphatic rings. The Balaban J connectivity index is 2.60. The smallest absolute Gasteiger partial charge is 0.331 e. The van der Waals surface area contributed by atoms with Crippen molar-refractivity contribution in [3.8, 4) is 17.1 Å². The summed E-state index contributed by atoms with van der Waals surface area (Å²) >= 11 is 0. The molecule has 0 atom stereocenters. The number of hydrogen-bond donors (Lipinski definition) is 1. The first-order valence-corrected chi connectivity index (χ1v) is 5.49. The van der Waals surface area contributed by atoms with Gasteiger partial charge in [0.2, 0.25) is 0 Å². The molecule has 1 N–H and O–H groups in total. The molecular weight excluding hydrogens is 250 g/mol. The summed E-state index contributed by atoms with van der Waals surface area (Å²) in [5.41, 5.74) is -0.690. The Morgan fingerprint density at radius 2 is 2.21 bits per heavy atom. The molecule has 0 fully saturated rings. The molecule has 2 heterocycles. The van der Waals surface area contributed by atoms with Crippen LogP contribution in [0, 0.1) is 0 Å². The maximum absolute atomic E-state index is 11.3. The van der Waals surface area contributed by atoms with Crippen molar-refractivity contribution in [1.29, 1.82) is 0 Å². The summed E-state index contributed by atoms with van der Waals surface area (Å²) in [4.78, 5) is 15.2. The zero-order chi connectivity index (χ0) is 14.0. The van der Waals surface area contributed by atoms with E-state index in [0.29, 0.717) is 17.1 Å². The zero-order valence-electron chi connectivity index (χ0n) is 10.7. The van der Waals surface area contributed by atoms with Crippen LogP contribution < -0.4 is 4.74 Å². The van der Waals surface area contributed by atoms with Gasteiger partial charge in [-0.15, -0.1) is 5.10 Å². The second-order valence-electron chi connectivity index (χ2n) is 4.35. The molecule has 2 aromatic rings. The summed E-state index contributed by atoms with van der Waals surface area (Å²) in [5.74, 6) is -0.250. The molecule has 100 valence electrons. The quantitative estimate of drug-likeness (QED) is 0.859. The fourth-order valence-electron chi connectivity index (χ4n) is 1.55. The van der Waals surface area contributed by atoms with Crippen LogP contribution in [0.1, 0.15) is 13.8 Å². The molecule has 8 heteroatoms. The van der Waals surface area contributed by atoms with Gasteiger partial charge in [-0.1, -0.05) is 0 Å². The lowest BCUT2D eigenvalue weighted by molar-refractivity contribution is -0.146. The third-order valence-electron chi connectivity index (χ3n) is 2.77. The number of aliphatic carboxylic acids is 1. The Bertz CT molecular complexity index is 608. The number of methoxy groups -OCH3 is 1. The maximum atomic E-state index is 11.3. The van der Waals surface area contributed by atoms with Gasteiger partial charge in [-0.2, -0.15) is 0 Å². The van der Waals surface area contributed by atoms with Gasteiger partial charge in [0.25, 0.3) is 0 Å². The summed E-state index contributed by atoms with van der Waals surface area (Å²) in [6.45, 7) is 3.03. The lowest BCUT2D eigenvalue weighted by Gasteiger charge is -2.20. The molecule has 0 spiro atoms. The summed E-state index contributed by atoms with van der Waals surface area (Å²) in [7, 11) is 1.50. The molecule has 0 aliphatic heterocycles. The van der Waals surface area contributed by atoms with Gasteiger partial charge in [0.1, 0.15) is 5.75 Å². The summed E-state index contributed by atoms with van der Waals surface area (Å²) in [6, 6.07) is 1.67. The lowest BCUT2D eigenvalue weighted by atomic mass is 10.1. The van der Waals surface area contributed by atoms with Gasteiger partial charge >= 0.3 is 5.97 Å². The van der Waals surface area contributed by atoms with Crippen molar-refractivity contribution < 1.29 is 14.6 Å². The molecule has 0 aromatic carbocycles. The standard InChI is InChI=1S/C11H13N5O3/c1-11(2,10(17)18)16-9(13-14-15-16)7-4-5-12-6-8(7)19-3/h4-6H,1-3H3,(H,17,18). The van der Waals surface area contributed by atoms with Crippen LogP contribution in [0.25, 0.3) is 11.4 Å². The van der Waals surface area contributed by atoms with E-state index in [9.17, 15) is 9.90 Å². The third-order valence-corrected chi connectivity index (χ3v) is 2.77. The van der Waals surface area contributed by atoms with Gasteiger partial charge in [-0.25, -0.2) is 9.48 Å². The topological polar surface area (TPSA) is 103 Å². The van der Waals surface area contributed by atoms with Crippen molar-refractivity contribution in [1.82, 2.24) is 25.2 Å². The number of hydrogen-bond acceptors (Lipinski definition) is 6. The molecule has 19 heavy (non-hydrogen) atoms. The minimum Gasteiger partial charge on any atom is -0.494 e. The van der Waals surface area contributed by atoms with Crippen LogP contribution in [0.15, 0.2) is 18.5 Å². The molecule has 0 radical (unpaired) electrons. The minimum atomic E-state index is -1.27. The number of nitrogens with zero attached hydrogens (tertiary/aromatic N) is 5. The second-order valence-corrected chi connectivity index (χ2v) is 4.35. The number of pyridine rings is 1. The van der Waals surface area contributed by atoms with E-state index >= 15 is 0 Å². The van der Waals surface area contributed by atoms with E-state index in [1.54, 1.807) is 12.3 Å². The zero-order valence-corrected chi connectivity index (χ0v) is 10.7. The molecule has 2 rings (SSSR count). The fourth-order valence-corrected chi connectivity index (χ4v) is 1.55. The van der Waals surface area contributed by atoms with Crippen molar-refractivity contribution in [3.05, 3.63) is 18.5 Å². The average Bonchev–Trinajstić information content (AvgIpc) is 2.88. The van der Waals surface area contributed by atoms with E-state index in [4.69, 9.17) is 4.74 Å². The molecule has 0 saturated carbocycles. The monoisotopic (exact) mass is 263 g/mol. The van der Waals surface area contributed by atoms with Gasteiger partial charge in [-0.3, -0.25) is 4.98 Å². The Hall–Kier alpha value is -2.51. The van der Waals surface area contributed by atoms with E-state index in [1.807, 2.05) is 0 Å². The highest BCUT2D eigenvalue weighted by Gasteiger charge is 2.34. The minimum absolute atomic E-state index is 0.312. The second kappa shape index (κ2) is 4.63. The number of aromatic nitrogens is 5. The van der Waals surface area contributed by atoms with Crippen LogP contribution in [0.3, 0.4) is 0 Å². The number of ether oxygens (including phenoxy) is 1. The highest BCUT2D eigenvalue weighted by Crippen LogP contribution is 2.29. The van der Waals surface area contributed by atoms with Gasteiger partial charge in [0, 0.05) is 6.20 Å². The first-order valence-electron chi connectivity index (χ1n) is 5.49. The predicted octanol–water partition coefficient (Wildman–Crippen LogP) is 0.563.